The van der Waals surface area contributed by atoms with Gasteiger partial charge in [-0.15, -0.1) is 56.8 Å². The van der Waals surface area contributed by atoms with Crippen LogP contribution in [0.15, 0.2) is 28.7 Å². The summed E-state index contributed by atoms with van der Waals surface area (Å²) in [7, 11) is 1.96. The number of rotatable bonds is 8. The number of thiophene rings is 1. The molecule has 2 N–H and O–H groups in total. The van der Waals surface area contributed by atoms with Gasteiger partial charge in [0.25, 0.3) is 0 Å². The number of nitrogens with zero attached hydrogens (tertiary/aromatic N) is 5. The molecule has 0 fully saturated rings. The summed E-state index contributed by atoms with van der Waals surface area (Å²) in [4.78, 5) is 11.8. The van der Waals surface area contributed by atoms with Crippen molar-refractivity contribution in [3.63, 3.8) is 0 Å². The van der Waals surface area contributed by atoms with Crippen LogP contribution in [0.1, 0.15) is 33.3 Å². The van der Waals surface area contributed by atoms with Gasteiger partial charge >= 0.3 is 0 Å². The lowest BCUT2D eigenvalue weighted by atomic mass is 10.3. The molecule has 0 saturated heterocycles. The highest BCUT2D eigenvalue weighted by atomic mass is 127. The number of guanidine groups is 1. The van der Waals surface area contributed by atoms with Gasteiger partial charge in [-0.3, -0.25) is 0 Å². The minimum absolute atomic E-state index is 0. The average Bonchev–Trinajstić information content (AvgIpc) is 3.41. The van der Waals surface area contributed by atoms with Crippen LogP contribution in [-0.4, -0.2) is 32.3 Å². The van der Waals surface area contributed by atoms with Crippen molar-refractivity contribution < 1.29 is 0 Å². The Hall–Kier alpha value is -1.53. The zero-order chi connectivity index (χ0) is 19.1. The highest BCUT2D eigenvalue weighted by Crippen LogP contribution is 2.13. The molecule has 7 nitrogen and oxygen atoms in total. The predicted octanol–water partition coefficient (Wildman–Crippen LogP) is 3.30. The molecule has 3 heterocycles. The number of thiazole rings is 1. The average molecular weight is 531 g/mol. The third kappa shape index (κ3) is 6.52. The van der Waals surface area contributed by atoms with Crippen LogP contribution in [0.5, 0.6) is 0 Å². The lowest BCUT2D eigenvalue weighted by Gasteiger charge is -2.11. The lowest BCUT2D eigenvalue weighted by Crippen LogP contribution is -2.38. The first-order chi connectivity index (χ1) is 13.2. The molecule has 28 heavy (non-hydrogen) atoms. The van der Waals surface area contributed by atoms with Crippen molar-refractivity contribution in [3.05, 3.63) is 50.1 Å². The Balaban J connectivity index is 0.00000280. The fourth-order valence-electron chi connectivity index (χ4n) is 2.42. The highest BCUT2D eigenvalue weighted by Gasteiger charge is 2.07. The summed E-state index contributed by atoms with van der Waals surface area (Å²) in [6.45, 7) is 6.04. The van der Waals surface area contributed by atoms with Gasteiger partial charge in [0.05, 0.1) is 6.54 Å². The van der Waals surface area contributed by atoms with E-state index in [9.17, 15) is 0 Å². The summed E-state index contributed by atoms with van der Waals surface area (Å²) in [5.74, 6) is 2.49. The van der Waals surface area contributed by atoms with Crippen molar-refractivity contribution in [2.45, 2.75) is 39.8 Å². The Morgan fingerprint density at radius 3 is 2.75 bits per heavy atom. The second-order valence-corrected chi connectivity index (χ2v) is 8.30. The fraction of sp³-hybridized carbons (Fsp3) is 0.444. The number of halogens is 1. The van der Waals surface area contributed by atoms with Crippen molar-refractivity contribution in [2.24, 2.45) is 12.0 Å². The molecule has 3 aromatic heterocycles. The summed E-state index contributed by atoms with van der Waals surface area (Å²) in [6.07, 6.45) is 3.94. The summed E-state index contributed by atoms with van der Waals surface area (Å²) < 4.78 is 1.96. The number of hydrogen-bond donors (Lipinski definition) is 2. The number of aliphatic imine (C=N–C) groups is 1. The molecule has 0 saturated carbocycles. The summed E-state index contributed by atoms with van der Waals surface area (Å²) >= 11 is 3.51. The fourth-order valence-corrected chi connectivity index (χ4v) is 3.94. The zero-order valence-corrected chi connectivity index (χ0v) is 20.3. The van der Waals surface area contributed by atoms with E-state index in [1.54, 1.807) is 22.7 Å². The molecule has 3 rings (SSSR count). The largest absolute Gasteiger partial charge is 0.356 e. The van der Waals surface area contributed by atoms with Crippen LogP contribution in [0.2, 0.25) is 0 Å². The molecule has 0 spiro atoms. The van der Waals surface area contributed by atoms with E-state index in [2.05, 4.69) is 55.2 Å². The molecule has 0 unspecified atom stereocenters. The zero-order valence-electron chi connectivity index (χ0n) is 16.3. The number of aryl methyl sites for hydroxylation is 2. The van der Waals surface area contributed by atoms with Crippen LogP contribution in [0.25, 0.3) is 0 Å². The minimum atomic E-state index is 0. The van der Waals surface area contributed by atoms with Crippen molar-refractivity contribution in [3.8, 4) is 0 Å². The molecule has 152 valence electrons. The van der Waals surface area contributed by atoms with Crippen LogP contribution in [-0.2, 0) is 33.0 Å². The van der Waals surface area contributed by atoms with Crippen LogP contribution >= 0.6 is 46.7 Å². The predicted molar refractivity (Wildman–Crippen MR) is 127 cm³/mol. The number of hydrogen-bond acceptors (Lipinski definition) is 6. The van der Waals surface area contributed by atoms with Gasteiger partial charge in [0, 0.05) is 29.5 Å². The molecule has 0 aliphatic rings. The van der Waals surface area contributed by atoms with Crippen LogP contribution in [0.3, 0.4) is 0 Å². The molecule has 10 heteroatoms. The van der Waals surface area contributed by atoms with Gasteiger partial charge in [-0.2, -0.15) is 0 Å². The number of nitrogens with one attached hydrogen (secondary N) is 2. The second kappa shape index (κ2) is 11.5. The third-order valence-corrected chi connectivity index (χ3v) is 6.24. The summed E-state index contributed by atoms with van der Waals surface area (Å²) in [5, 5.41) is 18.2. The third-order valence-electron chi connectivity index (χ3n) is 4.16. The molecule has 0 aromatic carbocycles. The van der Waals surface area contributed by atoms with Crippen molar-refractivity contribution >= 4 is 52.6 Å². The molecule has 0 bridgehead atoms. The van der Waals surface area contributed by atoms with Crippen molar-refractivity contribution in [2.75, 3.05) is 6.54 Å². The van der Waals surface area contributed by atoms with Crippen LogP contribution in [0, 0.1) is 6.92 Å². The topological polar surface area (TPSA) is 80.0 Å². The summed E-state index contributed by atoms with van der Waals surface area (Å²) in [5.41, 5.74) is 0. The first kappa shape index (κ1) is 22.8. The molecule has 0 radical (unpaired) electrons. The Morgan fingerprint density at radius 2 is 2.11 bits per heavy atom. The molecule has 0 aliphatic carbocycles. The molecule has 3 aromatic rings. The Labute approximate surface area is 190 Å². The molecule has 0 aliphatic heterocycles. The van der Waals surface area contributed by atoms with Gasteiger partial charge < -0.3 is 15.2 Å². The van der Waals surface area contributed by atoms with Crippen molar-refractivity contribution in [1.29, 1.82) is 0 Å². The smallest absolute Gasteiger partial charge is 0.192 e. The van der Waals surface area contributed by atoms with Crippen LogP contribution < -0.4 is 10.6 Å². The van der Waals surface area contributed by atoms with Gasteiger partial charge in [0.2, 0.25) is 0 Å². The Bertz CT molecular complexity index is 871. The monoisotopic (exact) mass is 531 g/mol. The normalized spacial score (nSPS) is 11.3. The highest BCUT2D eigenvalue weighted by molar-refractivity contribution is 14.0. The molecule has 0 amide bonds. The maximum atomic E-state index is 4.68. The first-order valence-electron chi connectivity index (χ1n) is 8.98. The van der Waals surface area contributed by atoms with E-state index >= 15 is 0 Å². The van der Waals surface area contributed by atoms with Crippen LogP contribution in [0.4, 0.5) is 0 Å². The van der Waals surface area contributed by atoms with E-state index in [-0.39, 0.29) is 24.0 Å². The van der Waals surface area contributed by atoms with E-state index in [1.165, 1.54) is 9.75 Å². The molecular formula is C18H26IN7S2. The van der Waals surface area contributed by atoms with Crippen molar-refractivity contribution in [1.82, 2.24) is 30.4 Å². The maximum Gasteiger partial charge on any atom is 0.192 e. The summed E-state index contributed by atoms with van der Waals surface area (Å²) in [6, 6.07) is 4.23. The van der Waals surface area contributed by atoms with Gasteiger partial charge in [0.15, 0.2) is 11.8 Å². The van der Waals surface area contributed by atoms with E-state index in [0.717, 1.165) is 42.0 Å². The Kier molecular flexibility index (Phi) is 9.32. The van der Waals surface area contributed by atoms with Gasteiger partial charge in [-0.05, 0) is 31.2 Å². The van der Waals surface area contributed by atoms with E-state index in [1.807, 2.05) is 24.7 Å². The molecular weight excluding hydrogens is 505 g/mol. The quantitative estimate of drug-likeness (QED) is 0.265. The van der Waals surface area contributed by atoms with Gasteiger partial charge in [-0.1, -0.05) is 13.0 Å². The molecule has 0 atom stereocenters. The SMILES string of the molecule is CCc1cnc(CNC(=NCc2nnc(C)n2C)NCCc2cccs2)s1.I. The minimum Gasteiger partial charge on any atom is -0.356 e. The van der Waals surface area contributed by atoms with Gasteiger partial charge in [-0.25, -0.2) is 9.98 Å². The lowest BCUT2D eigenvalue weighted by molar-refractivity contribution is 0.748. The van der Waals surface area contributed by atoms with E-state index in [0.29, 0.717) is 13.1 Å². The standard InChI is InChI=1S/C18H25N7S2.HI/c1-4-14-10-20-17(27-14)12-22-18(19-8-7-15-6-5-9-26-15)21-11-16-24-23-13(2)25(16)3;/h5-6,9-10H,4,7-8,11-12H2,1-3H3,(H2,19,21,22);1H. The van der Waals surface area contributed by atoms with E-state index in [4.69, 9.17) is 0 Å². The van der Waals surface area contributed by atoms with Gasteiger partial charge in [0.1, 0.15) is 17.4 Å². The first-order valence-corrected chi connectivity index (χ1v) is 10.7. The second-order valence-electron chi connectivity index (χ2n) is 6.07. The Morgan fingerprint density at radius 1 is 1.25 bits per heavy atom. The van der Waals surface area contributed by atoms with E-state index < -0.39 is 0 Å². The number of aromatic nitrogens is 4. The maximum absolute atomic E-state index is 4.68.